The number of aryl methyl sites for hydroxylation is 1. The minimum atomic E-state index is -0.270. The maximum atomic E-state index is 13.0. The van der Waals surface area contributed by atoms with Crippen molar-refractivity contribution < 1.29 is 9.18 Å². The van der Waals surface area contributed by atoms with Crippen molar-refractivity contribution in [2.45, 2.75) is 20.4 Å². The van der Waals surface area contributed by atoms with Gasteiger partial charge >= 0.3 is 0 Å². The van der Waals surface area contributed by atoms with E-state index in [4.69, 9.17) is 11.6 Å². The fourth-order valence-electron chi connectivity index (χ4n) is 2.58. The number of anilines is 1. The summed E-state index contributed by atoms with van der Waals surface area (Å²) in [6.45, 7) is 4.23. The average Bonchev–Trinajstić information content (AvgIpc) is 2.85. The van der Waals surface area contributed by atoms with E-state index in [2.05, 4.69) is 10.4 Å². The number of rotatable bonds is 4. The van der Waals surface area contributed by atoms with E-state index in [0.717, 1.165) is 17.0 Å². The third kappa shape index (κ3) is 3.88. The number of hydrogen-bond donors (Lipinski definition) is 1. The molecule has 3 aromatic rings. The van der Waals surface area contributed by atoms with Crippen LogP contribution in [-0.4, -0.2) is 15.7 Å². The highest BCUT2D eigenvalue weighted by Crippen LogP contribution is 2.22. The second-order valence-electron chi connectivity index (χ2n) is 5.79. The molecule has 1 aromatic heterocycles. The molecule has 128 valence electrons. The molecule has 3 rings (SSSR count). The van der Waals surface area contributed by atoms with Crippen molar-refractivity contribution in [2.24, 2.45) is 0 Å². The molecule has 0 saturated carbocycles. The monoisotopic (exact) mass is 357 g/mol. The maximum Gasteiger partial charge on any atom is 0.255 e. The smallest absolute Gasteiger partial charge is 0.255 e. The molecule has 0 aliphatic heterocycles. The van der Waals surface area contributed by atoms with Gasteiger partial charge in [0.15, 0.2) is 0 Å². The van der Waals surface area contributed by atoms with Gasteiger partial charge in [0.05, 0.1) is 23.6 Å². The van der Waals surface area contributed by atoms with Crippen molar-refractivity contribution in [3.05, 3.63) is 81.9 Å². The number of aromatic nitrogens is 2. The molecule has 0 atom stereocenters. The molecule has 1 heterocycles. The Balaban J connectivity index is 1.80. The van der Waals surface area contributed by atoms with Gasteiger partial charge < -0.3 is 5.32 Å². The lowest BCUT2D eigenvalue weighted by molar-refractivity contribution is 0.102. The molecular formula is C19H17ClFN3O. The van der Waals surface area contributed by atoms with Crippen molar-refractivity contribution in [1.82, 2.24) is 9.78 Å². The molecule has 0 radical (unpaired) electrons. The van der Waals surface area contributed by atoms with Gasteiger partial charge in [0.25, 0.3) is 5.91 Å². The van der Waals surface area contributed by atoms with E-state index in [9.17, 15) is 9.18 Å². The zero-order chi connectivity index (χ0) is 18.0. The Morgan fingerprint density at radius 1 is 1.12 bits per heavy atom. The highest BCUT2D eigenvalue weighted by atomic mass is 35.5. The molecule has 0 saturated heterocycles. The molecule has 0 fully saturated rings. The molecule has 6 heteroatoms. The van der Waals surface area contributed by atoms with E-state index < -0.39 is 0 Å². The molecule has 1 N–H and O–H groups in total. The first-order chi connectivity index (χ1) is 11.9. The van der Waals surface area contributed by atoms with Crippen LogP contribution in [-0.2, 0) is 6.54 Å². The summed E-state index contributed by atoms with van der Waals surface area (Å²) < 4.78 is 14.8. The van der Waals surface area contributed by atoms with E-state index in [-0.39, 0.29) is 11.7 Å². The van der Waals surface area contributed by atoms with Gasteiger partial charge in [-0.25, -0.2) is 4.39 Å². The van der Waals surface area contributed by atoms with Crippen molar-refractivity contribution in [1.29, 1.82) is 0 Å². The van der Waals surface area contributed by atoms with Crippen LogP contribution >= 0.6 is 11.6 Å². The van der Waals surface area contributed by atoms with Crippen LogP contribution in [0, 0.1) is 19.7 Å². The van der Waals surface area contributed by atoms with Gasteiger partial charge in [-0.05, 0) is 55.8 Å². The first-order valence-electron chi connectivity index (χ1n) is 7.79. The molecule has 0 aliphatic carbocycles. The number of carbonyl (C=O) groups excluding carboxylic acids is 1. The van der Waals surface area contributed by atoms with Crippen LogP contribution in [0.25, 0.3) is 0 Å². The zero-order valence-corrected chi connectivity index (χ0v) is 14.6. The van der Waals surface area contributed by atoms with Crippen molar-refractivity contribution in [3.8, 4) is 0 Å². The number of nitrogens with one attached hydrogen (secondary N) is 1. The van der Waals surface area contributed by atoms with Gasteiger partial charge in [-0.3, -0.25) is 9.48 Å². The Labute approximate surface area is 150 Å². The summed E-state index contributed by atoms with van der Waals surface area (Å²) in [5, 5.41) is 7.96. The standard InChI is InChI=1S/C19H17ClFN3O/c1-12-18(22-19(25)15-5-7-16(20)8-6-15)13(2)24(23-12)11-14-3-9-17(21)10-4-14/h3-10H,11H2,1-2H3,(H,22,25). The lowest BCUT2D eigenvalue weighted by Gasteiger charge is -2.07. The average molecular weight is 358 g/mol. The maximum absolute atomic E-state index is 13.0. The van der Waals surface area contributed by atoms with E-state index in [1.165, 1.54) is 12.1 Å². The lowest BCUT2D eigenvalue weighted by atomic mass is 10.2. The number of amides is 1. The normalized spacial score (nSPS) is 10.7. The minimum absolute atomic E-state index is 0.218. The Morgan fingerprint density at radius 2 is 1.76 bits per heavy atom. The molecule has 0 bridgehead atoms. The Hall–Kier alpha value is -2.66. The first kappa shape index (κ1) is 17.2. The van der Waals surface area contributed by atoms with Gasteiger partial charge in [0.2, 0.25) is 0 Å². The van der Waals surface area contributed by atoms with E-state index in [1.54, 1.807) is 41.1 Å². The van der Waals surface area contributed by atoms with Crippen LogP contribution in [0.3, 0.4) is 0 Å². The largest absolute Gasteiger partial charge is 0.319 e. The molecule has 0 unspecified atom stereocenters. The second-order valence-corrected chi connectivity index (χ2v) is 6.23. The van der Waals surface area contributed by atoms with Gasteiger partial charge in [0, 0.05) is 10.6 Å². The number of hydrogen-bond acceptors (Lipinski definition) is 2. The van der Waals surface area contributed by atoms with E-state index in [0.29, 0.717) is 22.8 Å². The Kier molecular flexibility index (Phi) is 4.86. The summed E-state index contributed by atoms with van der Waals surface area (Å²) in [4.78, 5) is 12.4. The predicted octanol–water partition coefficient (Wildman–Crippen LogP) is 4.59. The van der Waals surface area contributed by atoms with Gasteiger partial charge in [-0.15, -0.1) is 0 Å². The third-order valence-corrected chi connectivity index (χ3v) is 4.22. The highest BCUT2D eigenvalue weighted by Gasteiger charge is 2.15. The molecule has 4 nitrogen and oxygen atoms in total. The van der Waals surface area contributed by atoms with Crippen LogP contribution in [0.15, 0.2) is 48.5 Å². The summed E-state index contributed by atoms with van der Waals surface area (Å²) in [6, 6.07) is 13.0. The lowest BCUT2D eigenvalue weighted by Crippen LogP contribution is -2.13. The van der Waals surface area contributed by atoms with Gasteiger partial charge in [-0.2, -0.15) is 5.10 Å². The Morgan fingerprint density at radius 3 is 2.40 bits per heavy atom. The zero-order valence-electron chi connectivity index (χ0n) is 13.9. The fourth-order valence-corrected chi connectivity index (χ4v) is 2.71. The number of nitrogens with zero attached hydrogens (tertiary/aromatic N) is 2. The van der Waals surface area contributed by atoms with Crippen LogP contribution < -0.4 is 5.32 Å². The summed E-state index contributed by atoms with van der Waals surface area (Å²) in [5.41, 5.74) is 3.70. The minimum Gasteiger partial charge on any atom is -0.319 e. The van der Waals surface area contributed by atoms with Gasteiger partial charge in [0.1, 0.15) is 5.82 Å². The SMILES string of the molecule is Cc1nn(Cc2ccc(F)cc2)c(C)c1NC(=O)c1ccc(Cl)cc1. The summed E-state index contributed by atoms with van der Waals surface area (Å²) >= 11 is 5.85. The highest BCUT2D eigenvalue weighted by molar-refractivity contribution is 6.30. The fraction of sp³-hybridized carbons (Fsp3) is 0.158. The van der Waals surface area contributed by atoms with E-state index in [1.807, 2.05) is 13.8 Å². The molecule has 0 spiro atoms. The van der Waals surface area contributed by atoms with Crippen LogP contribution in [0.4, 0.5) is 10.1 Å². The summed E-state index contributed by atoms with van der Waals surface area (Å²) in [6.07, 6.45) is 0. The van der Waals surface area contributed by atoms with E-state index >= 15 is 0 Å². The summed E-state index contributed by atoms with van der Waals surface area (Å²) in [7, 11) is 0. The predicted molar refractivity (Wildman–Crippen MR) is 96.6 cm³/mol. The molecular weight excluding hydrogens is 341 g/mol. The van der Waals surface area contributed by atoms with Crippen LogP contribution in [0.1, 0.15) is 27.3 Å². The summed E-state index contributed by atoms with van der Waals surface area (Å²) in [5.74, 6) is -0.489. The first-order valence-corrected chi connectivity index (χ1v) is 8.17. The Bertz CT molecular complexity index is 902. The van der Waals surface area contributed by atoms with Crippen molar-refractivity contribution in [3.63, 3.8) is 0 Å². The topological polar surface area (TPSA) is 46.9 Å². The number of benzene rings is 2. The van der Waals surface area contributed by atoms with Gasteiger partial charge in [-0.1, -0.05) is 23.7 Å². The molecule has 2 aromatic carbocycles. The van der Waals surface area contributed by atoms with Crippen LogP contribution in [0.2, 0.25) is 5.02 Å². The number of halogens is 2. The van der Waals surface area contributed by atoms with Crippen molar-refractivity contribution >= 4 is 23.2 Å². The van der Waals surface area contributed by atoms with Crippen molar-refractivity contribution in [2.75, 3.05) is 5.32 Å². The third-order valence-electron chi connectivity index (χ3n) is 3.97. The number of carbonyl (C=O) groups is 1. The quantitative estimate of drug-likeness (QED) is 0.742. The second kappa shape index (κ2) is 7.07. The van der Waals surface area contributed by atoms with Crippen LogP contribution in [0.5, 0.6) is 0 Å². The molecule has 1 amide bonds. The molecule has 25 heavy (non-hydrogen) atoms. The molecule has 0 aliphatic rings.